The number of H-pyrrole nitrogens is 1. The van der Waals surface area contributed by atoms with E-state index in [1.807, 2.05) is 36.9 Å². The molecule has 9 nitrogen and oxygen atoms in total. The van der Waals surface area contributed by atoms with Crippen LogP contribution in [0.4, 0.5) is 0 Å². The molecule has 40 heavy (non-hydrogen) atoms. The number of benzene rings is 2. The lowest BCUT2D eigenvalue weighted by atomic mass is 9.96. The second kappa shape index (κ2) is 11.5. The average molecular weight is 542 g/mol. The molecule has 2 amide bonds. The predicted molar refractivity (Wildman–Crippen MR) is 152 cm³/mol. The van der Waals surface area contributed by atoms with Gasteiger partial charge in [-0.1, -0.05) is 55.3 Å². The lowest BCUT2D eigenvalue weighted by Gasteiger charge is -2.26. The summed E-state index contributed by atoms with van der Waals surface area (Å²) in [6, 6.07) is 14.3. The predicted octanol–water partition coefficient (Wildman–Crippen LogP) is 3.93. The fourth-order valence-corrected chi connectivity index (χ4v) is 7.09. The highest BCUT2D eigenvalue weighted by Crippen LogP contribution is 2.34. The lowest BCUT2D eigenvalue weighted by molar-refractivity contribution is -0.125. The number of fused-ring (bicyclic) bond motifs is 1. The van der Waals surface area contributed by atoms with Crippen molar-refractivity contribution in [3.05, 3.63) is 64.7 Å². The molecule has 6 rings (SSSR count). The fourth-order valence-electron chi connectivity index (χ4n) is 7.09. The van der Waals surface area contributed by atoms with Crippen LogP contribution in [0.25, 0.3) is 11.4 Å². The molecule has 2 unspecified atom stereocenters. The van der Waals surface area contributed by atoms with Crippen molar-refractivity contribution in [2.75, 3.05) is 32.7 Å². The SMILES string of the molecule is Cc1ccc(-c2nn[nH]n2)c(C)c1C(=O)N1CC2CN(CC[C@H](NC(=O)C3CCCC3)c3ccccc3)CC2C1. The van der Waals surface area contributed by atoms with E-state index < -0.39 is 0 Å². The highest BCUT2D eigenvalue weighted by atomic mass is 16.2. The minimum absolute atomic E-state index is 0.0326. The maximum atomic E-state index is 13.7. The third-order valence-corrected chi connectivity index (χ3v) is 9.30. The van der Waals surface area contributed by atoms with Crippen LogP contribution in [0, 0.1) is 31.6 Å². The molecule has 1 aromatic heterocycles. The molecule has 0 spiro atoms. The molecule has 3 fully saturated rings. The summed E-state index contributed by atoms with van der Waals surface area (Å²) in [6.07, 6.45) is 5.24. The molecule has 2 aromatic carbocycles. The number of aryl methyl sites for hydroxylation is 1. The number of aromatic nitrogens is 4. The third kappa shape index (κ3) is 5.39. The molecule has 2 N–H and O–H groups in total. The van der Waals surface area contributed by atoms with E-state index >= 15 is 0 Å². The maximum Gasteiger partial charge on any atom is 0.254 e. The lowest BCUT2D eigenvalue weighted by Crippen LogP contribution is -2.37. The topological polar surface area (TPSA) is 107 Å². The van der Waals surface area contributed by atoms with E-state index in [0.29, 0.717) is 17.7 Å². The van der Waals surface area contributed by atoms with E-state index in [-0.39, 0.29) is 23.8 Å². The van der Waals surface area contributed by atoms with Crippen LogP contribution in [-0.4, -0.2) is 75.0 Å². The third-order valence-electron chi connectivity index (χ3n) is 9.30. The number of hydrogen-bond donors (Lipinski definition) is 2. The number of carbonyl (C=O) groups is 2. The Morgan fingerprint density at radius 2 is 1.73 bits per heavy atom. The van der Waals surface area contributed by atoms with Gasteiger partial charge in [-0.3, -0.25) is 9.59 Å². The number of rotatable bonds is 8. The van der Waals surface area contributed by atoms with Gasteiger partial charge in [-0.05, 0) is 66.8 Å². The first-order valence-corrected chi connectivity index (χ1v) is 14.7. The number of hydrogen-bond acceptors (Lipinski definition) is 6. The molecule has 0 bridgehead atoms. The van der Waals surface area contributed by atoms with Crippen LogP contribution in [0.3, 0.4) is 0 Å². The van der Waals surface area contributed by atoms with Gasteiger partial charge >= 0.3 is 0 Å². The Hall–Kier alpha value is -3.59. The second-order valence-corrected chi connectivity index (χ2v) is 11.9. The van der Waals surface area contributed by atoms with E-state index in [0.717, 1.165) is 87.1 Å². The van der Waals surface area contributed by atoms with Crippen molar-refractivity contribution in [1.82, 2.24) is 35.7 Å². The molecule has 1 saturated carbocycles. The van der Waals surface area contributed by atoms with Gasteiger partial charge in [-0.15, -0.1) is 10.2 Å². The first-order valence-electron chi connectivity index (χ1n) is 14.7. The van der Waals surface area contributed by atoms with Gasteiger partial charge in [0, 0.05) is 49.8 Å². The Morgan fingerprint density at radius 1 is 1.00 bits per heavy atom. The molecular weight excluding hydrogens is 502 g/mol. The molecule has 3 heterocycles. The van der Waals surface area contributed by atoms with Crippen LogP contribution in [-0.2, 0) is 4.79 Å². The van der Waals surface area contributed by atoms with Crippen LogP contribution < -0.4 is 5.32 Å². The Morgan fingerprint density at radius 3 is 2.40 bits per heavy atom. The quantitative estimate of drug-likeness (QED) is 0.448. The number of tetrazole rings is 1. The molecule has 9 heteroatoms. The van der Waals surface area contributed by atoms with Crippen LogP contribution in [0.2, 0.25) is 0 Å². The number of amides is 2. The summed E-state index contributed by atoms with van der Waals surface area (Å²) in [4.78, 5) is 31.2. The van der Waals surface area contributed by atoms with Crippen molar-refractivity contribution in [2.24, 2.45) is 17.8 Å². The van der Waals surface area contributed by atoms with Gasteiger partial charge in [0.25, 0.3) is 5.91 Å². The molecule has 210 valence electrons. The summed E-state index contributed by atoms with van der Waals surface area (Å²) in [5.41, 5.74) is 4.64. The van der Waals surface area contributed by atoms with Gasteiger partial charge in [-0.25, -0.2) is 0 Å². The number of nitrogens with zero attached hydrogens (tertiary/aromatic N) is 5. The molecule has 2 aliphatic heterocycles. The van der Waals surface area contributed by atoms with Gasteiger partial charge in [0.15, 0.2) is 0 Å². The van der Waals surface area contributed by atoms with Crippen molar-refractivity contribution in [1.29, 1.82) is 0 Å². The summed E-state index contributed by atoms with van der Waals surface area (Å²) in [6.45, 7) is 8.46. The minimum atomic E-state index is 0.0326. The van der Waals surface area contributed by atoms with Crippen LogP contribution in [0.1, 0.15) is 65.2 Å². The fraction of sp³-hybridized carbons (Fsp3) is 0.516. The largest absolute Gasteiger partial charge is 0.349 e. The summed E-state index contributed by atoms with van der Waals surface area (Å²) in [5, 5.41) is 17.8. The number of nitrogens with one attached hydrogen (secondary N) is 2. The molecule has 3 aliphatic rings. The van der Waals surface area contributed by atoms with Crippen LogP contribution in [0.5, 0.6) is 0 Å². The molecule has 3 atom stereocenters. The van der Waals surface area contributed by atoms with Gasteiger partial charge in [-0.2, -0.15) is 5.21 Å². The summed E-state index contributed by atoms with van der Waals surface area (Å²) < 4.78 is 0. The summed E-state index contributed by atoms with van der Waals surface area (Å²) in [5.74, 6) is 1.95. The van der Waals surface area contributed by atoms with Crippen molar-refractivity contribution < 1.29 is 9.59 Å². The first-order chi connectivity index (χ1) is 19.5. The van der Waals surface area contributed by atoms with Gasteiger partial charge in [0.1, 0.15) is 0 Å². The van der Waals surface area contributed by atoms with Gasteiger partial charge < -0.3 is 15.1 Å². The minimum Gasteiger partial charge on any atom is -0.349 e. The molecule has 0 radical (unpaired) electrons. The van der Waals surface area contributed by atoms with Crippen LogP contribution >= 0.6 is 0 Å². The van der Waals surface area contributed by atoms with E-state index in [2.05, 4.69) is 55.1 Å². The zero-order chi connectivity index (χ0) is 27.6. The van der Waals surface area contributed by atoms with E-state index in [9.17, 15) is 9.59 Å². The second-order valence-electron chi connectivity index (χ2n) is 11.9. The zero-order valence-electron chi connectivity index (χ0n) is 23.5. The monoisotopic (exact) mass is 541 g/mol. The van der Waals surface area contributed by atoms with E-state index in [1.165, 1.54) is 5.56 Å². The molecular formula is C31H39N7O2. The maximum absolute atomic E-state index is 13.7. The highest BCUT2D eigenvalue weighted by molar-refractivity contribution is 5.99. The smallest absolute Gasteiger partial charge is 0.254 e. The van der Waals surface area contributed by atoms with E-state index in [4.69, 9.17) is 0 Å². The Bertz CT molecular complexity index is 1320. The van der Waals surface area contributed by atoms with Crippen LogP contribution in [0.15, 0.2) is 42.5 Å². The van der Waals surface area contributed by atoms with Crippen molar-refractivity contribution >= 4 is 11.8 Å². The highest BCUT2D eigenvalue weighted by Gasteiger charge is 2.42. The molecule has 2 saturated heterocycles. The van der Waals surface area contributed by atoms with Crippen molar-refractivity contribution in [3.63, 3.8) is 0 Å². The van der Waals surface area contributed by atoms with Crippen molar-refractivity contribution in [2.45, 2.75) is 52.0 Å². The number of likely N-dealkylation sites (tertiary alicyclic amines) is 2. The first kappa shape index (κ1) is 26.6. The normalized spacial score (nSPS) is 22.0. The number of aromatic amines is 1. The van der Waals surface area contributed by atoms with Crippen molar-refractivity contribution in [3.8, 4) is 11.4 Å². The van der Waals surface area contributed by atoms with Gasteiger partial charge in [0.2, 0.25) is 11.7 Å². The zero-order valence-corrected chi connectivity index (χ0v) is 23.5. The average Bonchev–Trinajstić information content (AvgIpc) is 3.76. The van der Waals surface area contributed by atoms with Gasteiger partial charge in [0.05, 0.1) is 6.04 Å². The summed E-state index contributed by atoms with van der Waals surface area (Å²) in [7, 11) is 0. The number of carbonyl (C=O) groups excluding carboxylic acids is 2. The Labute approximate surface area is 235 Å². The molecule has 1 aliphatic carbocycles. The van der Waals surface area contributed by atoms with E-state index in [1.54, 1.807) is 0 Å². The Kier molecular flexibility index (Phi) is 7.65. The Balaban J connectivity index is 1.07. The standard InChI is InChI=1S/C31H39N7O2/c1-20-12-13-26(29-33-35-36-34-29)21(2)28(20)31(40)38-18-24-16-37(17-25(24)19-38)15-14-27(22-8-4-3-5-9-22)32-30(39)23-10-6-7-11-23/h3-5,8-9,12-13,23-25,27H,6-7,10-11,14-19H2,1-2H3,(H,32,39)(H,33,34,35,36)/t24?,25?,27-/m0/s1. The molecule has 3 aromatic rings. The summed E-state index contributed by atoms with van der Waals surface area (Å²) >= 11 is 0.